The van der Waals surface area contributed by atoms with Crippen LogP contribution in [0.5, 0.6) is 5.75 Å². The van der Waals surface area contributed by atoms with Crippen molar-refractivity contribution in [2.45, 2.75) is 39.0 Å². The Labute approximate surface area is 274 Å². The van der Waals surface area contributed by atoms with E-state index in [4.69, 9.17) is 4.74 Å². The van der Waals surface area contributed by atoms with Crippen LogP contribution in [0.15, 0.2) is 114 Å². The van der Waals surface area contributed by atoms with Crippen molar-refractivity contribution in [1.29, 1.82) is 0 Å². The number of nitrogens with zero attached hydrogens (tertiary/aromatic N) is 2. The number of hydrogen-bond donors (Lipinski definition) is 1. The molecular weight excluding hydrogens is 654 g/mol. The van der Waals surface area contributed by atoms with Gasteiger partial charge >= 0.3 is 0 Å². The molecule has 4 rings (SSSR count). The van der Waals surface area contributed by atoms with Crippen molar-refractivity contribution in [3.63, 3.8) is 0 Å². The standard InChI is InChI=1S/C35H38BrN3O5S/c1-3-21-37-35(41)33(23-27-11-6-4-7-12-27)38(24-29-15-10-16-30(36)22-29)34(40)25-39(45(2,42)43)31-17-19-32(20-18-31)44-26-28-13-8-5-9-14-28/h4-20,22,33H,3,21,23-26H2,1-2H3,(H,37,41)/t33-/m0/s1. The predicted molar refractivity (Wildman–Crippen MR) is 181 cm³/mol. The number of halogens is 1. The number of nitrogens with one attached hydrogen (secondary N) is 1. The van der Waals surface area contributed by atoms with Gasteiger partial charge in [0.05, 0.1) is 11.9 Å². The Bertz CT molecular complexity index is 1650. The third kappa shape index (κ3) is 10.2. The van der Waals surface area contributed by atoms with Crippen molar-refractivity contribution in [1.82, 2.24) is 10.2 Å². The maximum atomic E-state index is 14.2. The molecule has 10 heteroatoms. The zero-order valence-corrected chi connectivity index (χ0v) is 27.8. The van der Waals surface area contributed by atoms with E-state index in [1.165, 1.54) is 4.90 Å². The van der Waals surface area contributed by atoms with Crippen LogP contribution < -0.4 is 14.4 Å². The summed E-state index contributed by atoms with van der Waals surface area (Å²) < 4.78 is 33.9. The van der Waals surface area contributed by atoms with Crippen molar-refractivity contribution in [3.05, 3.63) is 130 Å². The lowest BCUT2D eigenvalue weighted by Crippen LogP contribution is -2.53. The molecule has 0 heterocycles. The maximum absolute atomic E-state index is 14.2. The molecule has 0 aliphatic heterocycles. The van der Waals surface area contributed by atoms with E-state index in [-0.39, 0.29) is 18.9 Å². The van der Waals surface area contributed by atoms with E-state index in [0.717, 1.165) is 38.1 Å². The Balaban J connectivity index is 1.63. The highest BCUT2D eigenvalue weighted by molar-refractivity contribution is 9.10. The van der Waals surface area contributed by atoms with E-state index in [1.807, 2.05) is 91.9 Å². The van der Waals surface area contributed by atoms with Crippen LogP contribution in [0.1, 0.15) is 30.0 Å². The van der Waals surface area contributed by atoms with E-state index in [2.05, 4.69) is 21.2 Å². The molecule has 4 aromatic carbocycles. The normalized spacial score (nSPS) is 11.8. The molecule has 0 unspecified atom stereocenters. The van der Waals surface area contributed by atoms with E-state index in [0.29, 0.717) is 24.6 Å². The van der Waals surface area contributed by atoms with Gasteiger partial charge in [0.25, 0.3) is 0 Å². The second kappa shape index (κ2) is 16.2. The van der Waals surface area contributed by atoms with Gasteiger partial charge < -0.3 is 15.0 Å². The number of sulfonamides is 1. The molecule has 2 amide bonds. The van der Waals surface area contributed by atoms with Crippen LogP contribution in [0.3, 0.4) is 0 Å². The molecule has 45 heavy (non-hydrogen) atoms. The molecule has 4 aromatic rings. The first kappa shape index (κ1) is 33.7. The van der Waals surface area contributed by atoms with Crippen LogP contribution in [0.25, 0.3) is 0 Å². The lowest BCUT2D eigenvalue weighted by Gasteiger charge is -2.33. The fraction of sp³-hybridized carbons (Fsp3) is 0.257. The average Bonchev–Trinajstić information content (AvgIpc) is 3.04. The summed E-state index contributed by atoms with van der Waals surface area (Å²) in [4.78, 5) is 29.3. The highest BCUT2D eigenvalue weighted by Gasteiger charge is 2.33. The number of carbonyl (C=O) groups excluding carboxylic acids is 2. The van der Waals surface area contributed by atoms with Gasteiger partial charge in [0.2, 0.25) is 21.8 Å². The second-order valence-corrected chi connectivity index (χ2v) is 13.5. The first-order valence-electron chi connectivity index (χ1n) is 14.7. The topological polar surface area (TPSA) is 96.0 Å². The zero-order chi connectivity index (χ0) is 32.2. The second-order valence-electron chi connectivity index (χ2n) is 10.7. The molecule has 0 aliphatic rings. The van der Waals surface area contributed by atoms with E-state index in [1.54, 1.807) is 24.3 Å². The minimum atomic E-state index is -3.88. The summed E-state index contributed by atoms with van der Waals surface area (Å²) in [6, 6.07) is 32.4. The molecule has 0 radical (unpaired) electrons. The Kier molecular flexibility index (Phi) is 12.2. The Morgan fingerprint density at radius 2 is 1.47 bits per heavy atom. The Morgan fingerprint density at radius 1 is 0.844 bits per heavy atom. The maximum Gasteiger partial charge on any atom is 0.244 e. The summed E-state index contributed by atoms with van der Waals surface area (Å²) >= 11 is 3.49. The largest absolute Gasteiger partial charge is 0.489 e. The molecule has 236 valence electrons. The molecule has 0 aliphatic carbocycles. The predicted octanol–water partition coefficient (Wildman–Crippen LogP) is 5.96. The lowest BCUT2D eigenvalue weighted by atomic mass is 10.0. The minimum absolute atomic E-state index is 0.110. The third-order valence-electron chi connectivity index (χ3n) is 7.11. The van der Waals surface area contributed by atoms with Gasteiger partial charge in [0.15, 0.2) is 0 Å². The van der Waals surface area contributed by atoms with Crippen molar-refractivity contribution in [2.24, 2.45) is 0 Å². The summed E-state index contributed by atoms with van der Waals surface area (Å²) in [7, 11) is -3.88. The monoisotopic (exact) mass is 691 g/mol. The lowest BCUT2D eigenvalue weighted by molar-refractivity contribution is -0.140. The molecule has 8 nitrogen and oxygen atoms in total. The highest BCUT2D eigenvalue weighted by atomic mass is 79.9. The van der Waals surface area contributed by atoms with Crippen molar-refractivity contribution < 1.29 is 22.7 Å². The van der Waals surface area contributed by atoms with Crippen molar-refractivity contribution in [3.8, 4) is 5.75 Å². The molecule has 0 saturated heterocycles. The highest BCUT2D eigenvalue weighted by Crippen LogP contribution is 2.24. The van der Waals surface area contributed by atoms with Gasteiger partial charge in [-0.3, -0.25) is 13.9 Å². The summed E-state index contributed by atoms with van der Waals surface area (Å²) in [5, 5.41) is 2.94. The van der Waals surface area contributed by atoms with Crippen LogP contribution in [0.4, 0.5) is 5.69 Å². The van der Waals surface area contributed by atoms with Gasteiger partial charge in [-0.1, -0.05) is 95.7 Å². The number of benzene rings is 4. The van der Waals surface area contributed by atoms with E-state index in [9.17, 15) is 18.0 Å². The summed E-state index contributed by atoms with van der Waals surface area (Å²) in [6.07, 6.45) is 2.06. The molecule has 0 saturated carbocycles. The van der Waals surface area contributed by atoms with Crippen LogP contribution in [-0.2, 0) is 39.2 Å². The van der Waals surface area contributed by atoms with Crippen LogP contribution in [0.2, 0.25) is 0 Å². The Hall–Kier alpha value is -4.15. The third-order valence-corrected chi connectivity index (χ3v) is 8.75. The zero-order valence-electron chi connectivity index (χ0n) is 25.4. The number of rotatable bonds is 15. The fourth-order valence-electron chi connectivity index (χ4n) is 4.82. The van der Waals surface area contributed by atoms with Gasteiger partial charge in [-0.2, -0.15) is 0 Å². The minimum Gasteiger partial charge on any atom is -0.489 e. The smallest absolute Gasteiger partial charge is 0.244 e. The van der Waals surface area contributed by atoms with Gasteiger partial charge in [0.1, 0.15) is 24.9 Å². The number of anilines is 1. The average molecular weight is 693 g/mol. The van der Waals surface area contributed by atoms with Gasteiger partial charge in [-0.05, 0) is 59.5 Å². The summed E-state index contributed by atoms with van der Waals surface area (Å²) in [6.45, 7) is 2.40. The van der Waals surface area contributed by atoms with Crippen molar-refractivity contribution >= 4 is 43.5 Å². The molecule has 0 fully saturated rings. The molecule has 0 aromatic heterocycles. The molecular formula is C35H38BrN3O5S. The van der Waals surface area contributed by atoms with Crippen molar-refractivity contribution in [2.75, 3.05) is 23.7 Å². The Morgan fingerprint density at radius 3 is 2.07 bits per heavy atom. The van der Waals surface area contributed by atoms with E-state index < -0.39 is 28.5 Å². The fourth-order valence-corrected chi connectivity index (χ4v) is 6.11. The number of carbonyl (C=O) groups is 2. The molecule has 0 bridgehead atoms. The van der Waals surface area contributed by atoms with Crippen LogP contribution in [-0.4, -0.2) is 50.5 Å². The van der Waals surface area contributed by atoms with Gasteiger partial charge in [0, 0.05) is 24.0 Å². The van der Waals surface area contributed by atoms with E-state index >= 15 is 0 Å². The van der Waals surface area contributed by atoms with Gasteiger partial charge in [-0.15, -0.1) is 0 Å². The number of hydrogen-bond acceptors (Lipinski definition) is 5. The molecule has 1 N–H and O–H groups in total. The first-order valence-corrected chi connectivity index (χ1v) is 17.4. The summed E-state index contributed by atoms with van der Waals surface area (Å²) in [5.74, 6) is -0.235. The number of amides is 2. The first-order chi connectivity index (χ1) is 21.6. The molecule has 0 spiro atoms. The van der Waals surface area contributed by atoms with Crippen LogP contribution >= 0.6 is 15.9 Å². The summed E-state index contributed by atoms with van der Waals surface area (Å²) in [5.41, 5.74) is 3.00. The quantitative estimate of drug-likeness (QED) is 0.166. The number of ether oxygens (including phenoxy) is 1. The van der Waals surface area contributed by atoms with Crippen LogP contribution in [0, 0.1) is 0 Å². The van der Waals surface area contributed by atoms with Gasteiger partial charge in [-0.25, -0.2) is 8.42 Å². The molecule has 1 atom stereocenters. The SMILES string of the molecule is CCCNC(=O)[C@H](Cc1ccccc1)N(Cc1cccc(Br)c1)C(=O)CN(c1ccc(OCc2ccccc2)cc1)S(C)(=O)=O.